The number of hydrogen-bond donors (Lipinski definition) is 1. The highest BCUT2D eigenvalue weighted by Crippen LogP contribution is 2.35. The third-order valence-corrected chi connectivity index (χ3v) is 4.38. The summed E-state index contributed by atoms with van der Waals surface area (Å²) in [6.07, 6.45) is 4.75. The van der Waals surface area contributed by atoms with Crippen LogP contribution in [0.3, 0.4) is 0 Å². The Kier molecular flexibility index (Phi) is 4.27. The van der Waals surface area contributed by atoms with Crippen LogP contribution in [0.5, 0.6) is 5.75 Å². The first-order chi connectivity index (χ1) is 10.2. The fraction of sp³-hybridized carbons (Fsp3) is 0.562. The van der Waals surface area contributed by atoms with Crippen molar-refractivity contribution in [2.75, 3.05) is 19.7 Å². The minimum atomic E-state index is -0.378. The zero-order chi connectivity index (χ0) is 14.7. The third kappa shape index (κ3) is 3.28. The quantitative estimate of drug-likeness (QED) is 0.867. The molecule has 0 radical (unpaired) electrons. The van der Waals surface area contributed by atoms with Gasteiger partial charge in [0.25, 0.3) is 0 Å². The fourth-order valence-electron chi connectivity index (χ4n) is 3.37. The summed E-state index contributed by atoms with van der Waals surface area (Å²) >= 11 is 0. The molecule has 2 atom stereocenters. The summed E-state index contributed by atoms with van der Waals surface area (Å²) < 4.78 is 18.7. The Bertz CT molecular complexity index is 509. The number of fused-ring (bicyclic) bond motifs is 2. The molecule has 0 aromatic heterocycles. The van der Waals surface area contributed by atoms with E-state index in [4.69, 9.17) is 4.74 Å². The number of halogens is 1. The maximum Gasteiger partial charge on any atom is 0.317 e. The number of likely N-dealkylation sites (tertiary alicyclic amines) is 1. The molecule has 1 aliphatic heterocycles. The summed E-state index contributed by atoms with van der Waals surface area (Å²) in [5.74, 6) is 0.533. The topological polar surface area (TPSA) is 41.6 Å². The summed E-state index contributed by atoms with van der Waals surface area (Å²) in [5, 5.41) is 2.87. The molecule has 4 nitrogen and oxygen atoms in total. The molecular weight excluding hydrogens is 271 g/mol. The van der Waals surface area contributed by atoms with Crippen LogP contribution < -0.4 is 10.1 Å². The number of hydrogen-bond acceptors (Lipinski definition) is 2. The number of rotatable bonds is 4. The Morgan fingerprint density at radius 3 is 3.05 bits per heavy atom. The summed E-state index contributed by atoms with van der Waals surface area (Å²) in [7, 11) is 0. The van der Waals surface area contributed by atoms with Gasteiger partial charge in [0.15, 0.2) is 11.6 Å². The van der Waals surface area contributed by atoms with Crippen LogP contribution in [0.1, 0.15) is 25.7 Å². The molecule has 21 heavy (non-hydrogen) atoms. The molecule has 1 saturated carbocycles. The number of para-hydroxylation sites is 1. The van der Waals surface area contributed by atoms with E-state index < -0.39 is 0 Å². The molecule has 3 rings (SSSR count). The molecule has 1 heterocycles. The Morgan fingerprint density at radius 2 is 2.24 bits per heavy atom. The van der Waals surface area contributed by atoms with E-state index in [1.54, 1.807) is 18.2 Å². The molecule has 2 aliphatic rings. The van der Waals surface area contributed by atoms with Gasteiger partial charge < -0.3 is 15.0 Å². The van der Waals surface area contributed by atoms with Gasteiger partial charge in [-0.1, -0.05) is 18.6 Å². The predicted octanol–water partition coefficient (Wildman–Crippen LogP) is 2.79. The molecule has 0 spiro atoms. The molecule has 0 unspecified atom stereocenters. The van der Waals surface area contributed by atoms with E-state index in [0.29, 0.717) is 18.5 Å². The second-order valence-electron chi connectivity index (χ2n) is 5.85. The lowest BCUT2D eigenvalue weighted by Gasteiger charge is -2.24. The standard InChI is InChI=1S/C16H21FN2O2/c17-14-6-1-2-7-15(14)21-9-8-18-16(20)19-11-12-4-3-5-13(19)10-12/h1-2,6-7,12-13H,3-5,8-11H2,(H,18,20)/t12-,13+/m1/s1. The molecule has 1 aromatic carbocycles. The van der Waals surface area contributed by atoms with E-state index in [1.807, 2.05) is 4.90 Å². The average Bonchev–Trinajstić information content (AvgIpc) is 2.79. The van der Waals surface area contributed by atoms with Gasteiger partial charge in [-0.2, -0.15) is 0 Å². The number of ether oxygens (including phenoxy) is 1. The van der Waals surface area contributed by atoms with E-state index >= 15 is 0 Å². The van der Waals surface area contributed by atoms with Gasteiger partial charge in [0, 0.05) is 12.6 Å². The van der Waals surface area contributed by atoms with Crippen molar-refractivity contribution in [3.8, 4) is 5.75 Å². The summed E-state index contributed by atoms with van der Waals surface area (Å²) in [6.45, 7) is 1.54. The van der Waals surface area contributed by atoms with E-state index in [9.17, 15) is 9.18 Å². The maximum atomic E-state index is 13.3. The molecular formula is C16H21FN2O2. The lowest BCUT2D eigenvalue weighted by Crippen LogP contribution is -2.43. The molecule has 5 heteroatoms. The number of carbonyl (C=O) groups excluding carboxylic acids is 1. The SMILES string of the molecule is O=C(NCCOc1ccccc1F)N1C[C@@H]2CCC[C@H]1C2. The predicted molar refractivity (Wildman–Crippen MR) is 77.7 cm³/mol. The molecule has 1 N–H and O–H groups in total. The first-order valence-electron chi connectivity index (χ1n) is 7.66. The normalized spacial score (nSPS) is 24.0. The molecule has 1 aliphatic carbocycles. The number of urea groups is 1. The lowest BCUT2D eigenvalue weighted by atomic mass is 9.91. The Hall–Kier alpha value is -1.78. The van der Waals surface area contributed by atoms with Crippen LogP contribution >= 0.6 is 0 Å². The second-order valence-corrected chi connectivity index (χ2v) is 5.85. The van der Waals surface area contributed by atoms with E-state index in [2.05, 4.69) is 5.32 Å². The van der Waals surface area contributed by atoms with Crippen molar-refractivity contribution >= 4 is 6.03 Å². The van der Waals surface area contributed by atoms with Crippen LogP contribution in [0.25, 0.3) is 0 Å². The molecule has 1 saturated heterocycles. The Labute approximate surface area is 124 Å². The fourth-order valence-corrected chi connectivity index (χ4v) is 3.37. The highest BCUT2D eigenvalue weighted by atomic mass is 19.1. The monoisotopic (exact) mass is 292 g/mol. The first-order valence-corrected chi connectivity index (χ1v) is 7.66. The van der Waals surface area contributed by atoms with E-state index in [1.165, 1.54) is 18.9 Å². The van der Waals surface area contributed by atoms with Crippen molar-refractivity contribution in [2.45, 2.75) is 31.7 Å². The van der Waals surface area contributed by atoms with E-state index in [0.717, 1.165) is 19.4 Å². The molecule has 2 fully saturated rings. The molecule has 2 amide bonds. The second kappa shape index (κ2) is 6.33. The minimum absolute atomic E-state index is 0.0125. The largest absolute Gasteiger partial charge is 0.489 e. The summed E-state index contributed by atoms with van der Waals surface area (Å²) in [5.41, 5.74) is 0. The highest BCUT2D eigenvalue weighted by Gasteiger charge is 2.37. The molecule has 2 bridgehead atoms. The van der Waals surface area contributed by atoms with Crippen LogP contribution in [-0.4, -0.2) is 36.7 Å². The van der Waals surface area contributed by atoms with Gasteiger partial charge in [-0.05, 0) is 37.3 Å². The number of nitrogens with zero attached hydrogens (tertiary/aromatic N) is 1. The van der Waals surface area contributed by atoms with Crippen molar-refractivity contribution in [3.63, 3.8) is 0 Å². The smallest absolute Gasteiger partial charge is 0.317 e. The van der Waals surface area contributed by atoms with Crippen LogP contribution in [0.2, 0.25) is 0 Å². The van der Waals surface area contributed by atoms with Crippen molar-refractivity contribution in [2.24, 2.45) is 5.92 Å². The summed E-state index contributed by atoms with van der Waals surface area (Å²) in [4.78, 5) is 14.1. The highest BCUT2D eigenvalue weighted by molar-refractivity contribution is 5.75. The van der Waals surface area contributed by atoms with Crippen LogP contribution in [0.4, 0.5) is 9.18 Å². The number of benzene rings is 1. The zero-order valence-electron chi connectivity index (χ0n) is 12.1. The van der Waals surface area contributed by atoms with Gasteiger partial charge in [0.2, 0.25) is 0 Å². The number of nitrogens with one attached hydrogen (secondary N) is 1. The van der Waals surface area contributed by atoms with Crippen LogP contribution in [0.15, 0.2) is 24.3 Å². The Balaban J connectivity index is 1.41. The third-order valence-electron chi connectivity index (χ3n) is 4.38. The van der Waals surface area contributed by atoms with Gasteiger partial charge in [-0.15, -0.1) is 0 Å². The van der Waals surface area contributed by atoms with Gasteiger partial charge in [0.05, 0.1) is 6.54 Å². The van der Waals surface area contributed by atoms with Crippen molar-refractivity contribution in [1.82, 2.24) is 10.2 Å². The van der Waals surface area contributed by atoms with Gasteiger partial charge >= 0.3 is 6.03 Å². The number of amides is 2. The van der Waals surface area contributed by atoms with Crippen molar-refractivity contribution in [3.05, 3.63) is 30.1 Å². The zero-order valence-corrected chi connectivity index (χ0v) is 12.1. The summed E-state index contributed by atoms with van der Waals surface area (Å²) in [6, 6.07) is 6.69. The molecule has 114 valence electrons. The van der Waals surface area contributed by atoms with Gasteiger partial charge in [-0.3, -0.25) is 0 Å². The van der Waals surface area contributed by atoms with Crippen LogP contribution in [0, 0.1) is 11.7 Å². The first kappa shape index (κ1) is 14.2. The lowest BCUT2D eigenvalue weighted by molar-refractivity contribution is 0.187. The van der Waals surface area contributed by atoms with Crippen LogP contribution in [-0.2, 0) is 0 Å². The maximum absolute atomic E-state index is 13.3. The minimum Gasteiger partial charge on any atom is -0.489 e. The number of carbonyl (C=O) groups is 1. The van der Waals surface area contributed by atoms with Crippen molar-refractivity contribution < 1.29 is 13.9 Å². The van der Waals surface area contributed by atoms with Crippen molar-refractivity contribution in [1.29, 1.82) is 0 Å². The molecule has 1 aromatic rings. The van der Waals surface area contributed by atoms with Gasteiger partial charge in [-0.25, -0.2) is 9.18 Å². The average molecular weight is 292 g/mol. The van der Waals surface area contributed by atoms with Gasteiger partial charge in [0.1, 0.15) is 6.61 Å². The Morgan fingerprint density at radius 1 is 1.38 bits per heavy atom. The van der Waals surface area contributed by atoms with E-state index in [-0.39, 0.29) is 24.2 Å².